The Balaban J connectivity index is 1.92. The Kier molecular flexibility index (Phi) is 3.57. The number of hydrogen-bond acceptors (Lipinski definition) is 2. The number of ketones is 1. The first-order chi connectivity index (χ1) is 10.1. The zero-order chi connectivity index (χ0) is 14.8. The fourth-order valence-electron chi connectivity index (χ4n) is 3.01. The molecule has 1 atom stereocenters. The van der Waals surface area contributed by atoms with Crippen LogP contribution in [0.5, 0.6) is 0 Å². The number of carbonyl (C=O) groups is 2. The van der Waals surface area contributed by atoms with Gasteiger partial charge < -0.3 is 5.11 Å². The molecule has 3 nitrogen and oxygen atoms in total. The van der Waals surface area contributed by atoms with Crippen LogP contribution in [0.3, 0.4) is 0 Å². The maximum absolute atomic E-state index is 12.5. The van der Waals surface area contributed by atoms with Crippen LogP contribution in [0, 0.1) is 0 Å². The van der Waals surface area contributed by atoms with Gasteiger partial charge in [-0.3, -0.25) is 9.59 Å². The Labute approximate surface area is 123 Å². The average molecular weight is 280 g/mol. The molecule has 1 unspecified atom stereocenters. The lowest BCUT2D eigenvalue weighted by atomic mass is 9.94. The molecule has 3 rings (SSSR count). The zero-order valence-corrected chi connectivity index (χ0v) is 11.6. The highest BCUT2D eigenvalue weighted by Gasteiger charge is 2.25. The van der Waals surface area contributed by atoms with Crippen molar-refractivity contribution in [2.24, 2.45) is 0 Å². The van der Waals surface area contributed by atoms with Gasteiger partial charge in [-0.1, -0.05) is 42.5 Å². The second kappa shape index (κ2) is 5.52. The van der Waals surface area contributed by atoms with Crippen molar-refractivity contribution >= 4 is 11.8 Å². The molecule has 0 aliphatic heterocycles. The minimum Gasteiger partial charge on any atom is -0.481 e. The molecule has 0 fully saturated rings. The van der Waals surface area contributed by atoms with Crippen molar-refractivity contribution < 1.29 is 14.7 Å². The highest BCUT2D eigenvalue weighted by molar-refractivity contribution is 6.09. The summed E-state index contributed by atoms with van der Waals surface area (Å²) in [6, 6.07) is 14.8. The number of fused-ring (bicyclic) bond motifs is 1. The zero-order valence-electron chi connectivity index (χ0n) is 11.6. The van der Waals surface area contributed by atoms with Gasteiger partial charge in [0, 0.05) is 11.1 Å². The number of hydrogen-bond donors (Lipinski definition) is 1. The monoisotopic (exact) mass is 280 g/mol. The van der Waals surface area contributed by atoms with E-state index in [4.69, 9.17) is 5.11 Å². The van der Waals surface area contributed by atoms with Crippen LogP contribution in [-0.2, 0) is 11.2 Å². The fourth-order valence-corrected chi connectivity index (χ4v) is 3.01. The smallest absolute Gasteiger partial charge is 0.303 e. The maximum Gasteiger partial charge on any atom is 0.303 e. The summed E-state index contributed by atoms with van der Waals surface area (Å²) in [4.78, 5) is 23.4. The summed E-state index contributed by atoms with van der Waals surface area (Å²) in [6.07, 6.45) is 1.88. The lowest BCUT2D eigenvalue weighted by molar-refractivity contribution is -0.137. The largest absolute Gasteiger partial charge is 0.481 e. The third-order valence-corrected chi connectivity index (χ3v) is 4.07. The molecule has 3 heteroatoms. The maximum atomic E-state index is 12.5. The van der Waals surface area contributed by atoms with E-state index in [1.807, 2.05) is 36.4 Å². The number of aryl methyl sites for hydroxylation is 1. The summed E-state index contributed by atoms with van der Waals surface area (Å²) in [5.41, 5.74) is 3.49. The summed E-state index contributed by atoms with van der Waals surface area (Å²) in [7, 11) is 0. The molecule has 0 heterocycles. The van der Waals surface area contributed by atoms with Gasteiger partial charge in [-0.25, -0.2) is 0 Å². The Hall–Kier alpha value is -2.42. The molecule has 106 valence electrons. The SMILES string of the molecule is O=C(O)CC1CCc2ccc(C(=O)c3ccccc3)cc21. The number of aliphatic carboxylic acids is 1. The van der Waals surface area contributed by atoms with Crippen LogP contribution in [0.25, 0.3) is 0 Å². The van der Waals surface area contributed by atoms with Crippen molar-refractivity contribution in [2.75, 3.05) is 0 Å². The molecule has 0 bridgehead atoms. The number of carbonyl (C=O) groups excluding carboxylic acids is 1. The molecule has 0 spiro atoms. The molecular formula is C18H16O3. The molecule has 0 radical (unpaired) electrons. The Bertz CT molecular complexity index is 689. The Morgan fingerprint density at radius 2 is 1.81 bits per heavy atom. The van der Waals surface area contributed by atoms with Gasteiger partial charge in [0.25, 0.3) is 0 Å². The molecule has 1 aliphatic rings. The van der Waals surface area contributed by atoms with Crippen LogP contribution in [-0.4, -0.2) is 16.9 Å². The standard InChI is InChI=1S/C18H16O3/c19-17(20)11-14-8-6-12-7-9-15(10-16(12)14)18(21)13-4-2-1-3-5-13/h1-5,7,9-10,14H,6,8,11H2,(H,19,20). The quantitative estimate of drug-likeness (QED) is 0.873. The Morgan fingerprint density at radius 3 is 2.52 bits per heavy atom. The van der Waals surface area contributed by atoms with E-state index in [2.05, 4.69) is 0 Å². The van der Waals surface area contributed by atoms with E-state index in [1.54, 1.807) is 12.1 Å². The highest BCUT2D eigenvalue weighted by Crippen LogP contribution is 2.36. The van der Waals surface area contributed by atoms with Crippen LogP contribution in [0.15, 0.2) is 48.5 Å². The van der Waals surface area contributed by atoms with Crippen LogP contribution in [0.2, 0.25) is 0 Å². The number of rotatable bonds is 4. The topological polar surface area (TPSA) is 54.4 Å². The van der Waals surface area contributed by atoms with Gasteiger partial charge >= 0.3 is 5.97 Å². The molecule has 2 aromatic carbocycles. The van der Waals surface area contributed by atoms with E-state index in [-0.39, 0.29) is 18.1 Å². The van der Waals surface area contributed by atoms with E-state index < -0.39 is 5.97 Å². The van der Waals surface area contributed by atoms with Crippen molar-refractivity contribution in [1.82, 2.24) is 0 Å². The van der Waals surface area contributed by atoms with Crippen molar-refractivity contribution in [2.45, 2.75) is 25.2 Å². The number of benzene rings is 2. The molecular weight excluding hydrogens is 264 g/mol. The fraction of sp³-hybridized carbons (Fsp3) is 0.222. The molecule has 0 amide bonds. The van der Waals surface area contributed by atoms with E-state index in [9.17, 15) is 9.59 Å². The first kappa shape index (κ1) is 13.6. The van der Waals surface area contributed by atoms with Crippen LogP contribution in [0.4, 0.5) is 0 Å². The minimum absolute atomic E-state index is 0.0145. The Morgan fingerprint density at radius 1 is 1.05 bits per heavy atom. The van der Waals surface area contributed by atoms with E-state index in [1.165, 1.54) is 5.56 Å². The van der Waals surface area contributed by atoms with Gasteiger partial charge in [-0.05, 0) is 36.0 Å². The molecule has 21 heavy (non-hydrogen) atoms. The van der Waals surface area contributed by atoms with Crippen LogP contribution in [0.1, 0.15) is 45.8 Å². The van der Waals surface area contributed by atoms with E-state index in [0.29, 0.717) is 11.1 Å². The van der Waals surface area contributed by atoms with E-state index in [0.717, 1.165) is 18.4 Å². The summed E-state index contributed by atoms with van der Waals surface area (Å²) in [5.74, 6) is -0.770. The summed E-state index contributed by atoms with van der Waals surface area (Å²) >= 11 is 0. The number of carboxylic acids is 1. The van der Waals surface area contributed by atoms with Gasteiger partial charge in [0.1, 0.15) is 0 Å². The van der Waals surface area contributed by atoms with Gasteiger partial charge in [0.15, 0.2) is 5.78 Å². The lowest BCUT2D eigenvalue weighted by Gasteiger charge is -2.10. The average Bonchev–Trinajstić information content (AvgIpc) is 2.89. The molecule has 1 aliphatic carbocycles. The minimum atomic E-state index is -0.785. The predicted molar refractivity (Wildman–Crippen MR) is 79.6 cm³/mol. The van der Waals surface area contributed by atoms with Gasteiger partial charge in [-0.15, -0.1) is 0 Å². The molecule has 2 aromatic rings. The van der Waals surface area contributed by atoms with Crippen molar-refractivity contribution in [3.63, 3.8) is 0 Å². The summed E-state index contributed by atoms with van der Waals surface area (Å²) < 4.78 is 0. The third-order valence-electron chi connectivity index (χ3n) is 4.07. The van der Waals surface area contributed by atoms with Crippen molar-refractivity contribution in [3.8, 4) is 0 Å². The summed E-state index contributed by atoms with van der Waals surface area (Å²) in [6.45, 7) is 0. The predicted octanol–water partition coefficient (Wildman–Crippen LogP) is 3.42. The number of carboxylic acid groups (broad SMARTS) is 1. The highest BCUT2D eigenvalue weighted by atomic mass is 16.4. The molecule has 1 N–H and O–H groups in total. The van der Waals surface area contributed by atoms with Crippen molar-refractivity contribution in [3.05, 3.63) is 70.8 Å². The van der Waals surface area contributed by atoms with Gasteiger partial charge in [0.2, 0.25) is 0 Å². The van der Waals surface area contributed by atoms with E-state index >= 15 is 0 Å². The second-order valence-corrected chi connectivity index (χ2v) is 5.44. The molecule has 0 aromatic heterocycles. The van der Waals surface area contributed by atoms with Gasteiger partial charge in [0.05, 0.1) is 6.42 Å². The summed E-state index contributed by atoms with van der Waals surface area (Å²) in [5, 5.41) is 8.99. The first-order valence-electron chi connectivity index (χ1n) is 7.09. The first-order valence-corrected chi connectivity index (χ1v) is 7.09. The van der Waals surface area contributed by atoms with Gasteiger partial charge in [-0.2, -0.15) is 0 Å². The normalized spacial score (nSPS) is 16.5. The van der Waals surface area contributed by atoms with Crippen LogP contribution >= 0.6 is 0 Å². The lowest BCUT2D eigenvalue weighted by Crippen LogP contribution is -2.05. The van der Waals surface area contributed by atoms with Crippen LogP contribution < -0.4 is 0 Å². The molecule has 0 saturated carbocycles. The second-order valence-electron chi connectivity index (χ2n) is 5.44. The van der Waals surface area contributed by atoms with Crippen molar-refractivity contribution in [1.29, 1.82) is 0 Å². The molecule has 0 saturated heterocycles. The third kappa shape index (κ3) is 2.72.